The number of carbonyl (C=O) groups excluding carboxylic acids is 1. The first-order chi connectivity index (χ1) is 12.7. The van der Waals surface area contributed by atoms with E-state index in [1.165, 1.54) is 6.08 Å². The Bertz CT molecular complexity index is 904. The summed E-state index contributed by atoms with van der Waals surface area (Å²) in [7, 11) is 0. The summed E-state index contributed by atoms with van der Waals surface area (Å²) >= 11 is 5.19. The summed E-state index contributed by atoms with van der Waals surface area (Å²) in [6, 6.07) is 27.6. The summed E-state index contributed by atoms with van der Waals surface area (Å²) in [4.78, 5) is 11.9. The molecule has 1 amide bonds. The van der Waals surface area contributed by atoms with Crippen LogP contribution >= 0.6 is 12.2 Å². The Hall–Kier alpha value is -3.24. The molecule has 0 atom stereocenters. The van der Waals surface area contributed by atoms with Gasteiger partial charge in [-0.05, 0) is 47.1 Å². The third-order valence-corrected chi connectivity index (χ3v) is 3.92. The van der Waals surface area contributed by atoms with Crippen molar-refractivity contribution in [2.75, 3.05) is 5.32 Å². The van der Waals surface area contributed by atoms with Gasteiger partial charge in [0, 0.05) is 11.8 Å². The first kappa shape index (κ1) is 17.6. The molecule has 0 spiro atoms. The first-order valence-corrected chi connectivity index (χ1v) is 8.62. The molecule has 128 valence electrons. The molecule has 3 nitrogen and oxygen atoms in total. The van der Waals surface area contributed by atoms with Gasteiger partial charge in [0.2, 0.25) is 5.91 Å². The highest BCUT2D eigenvalue weighted by Crippen LogP contribution is 2.20. The number of thiocarbonyl (C=S) groups is 1. The van der Waals surface area contributed by atoms with Gasteiger partial charge in [0.25, 0.3) is 0 Å². The SMILES string of the molecule is O=C(/C=C/c1ccccc1)NC(=S)Nc1ccc(-c2ccccc2)cc1. The summed E-state index contributed by atoms with van der Waals surface area (Å²) in [5.41, 5.74) is 4.05. The second-order valence-electron chi connectivity index (χ2n) is 5.63. The molecule has 3 aromatic carbocycles. The van der Waals surface area contributed by atoms with Crippen molar-refractivity contribution in [3.8, 4) is 11.1 Å². The van der Waals surface area contributed by atoms with Gasteiger partial charge in [-0.25, -0.2) is 0 Å². The molecule has 26 heavy (non-hydrogen) atoms. The van der Waals surface area contributed by atoms with Gasteiger partial charge in [-0.1, -0.05) is 72.8 Å². The third-order valence-electron chi connectivity index (χ3n) is 3.71. The molecule has 3 aromatic rings. The van der Waals surface area contributed by atoms with Crippen molar-refractivity contribution < 1.29 is 4.79 Å². The molecule has 0 aliphatic heterocycles. The van der Waals surface area contributed by atoms with Crippen LogP contribution in [0.25, 0.3) is 17.2 Å². The van der Waals surface area contributed by atoms with Gasteiger partial charge in [0.1, 0.15) is 0 Å². The van der Waals surface area contributed by atoms with Crippen LogP contribution in [0, 0.1) is 0 Å². The molecule has 3 rings (SSSR count). The van der Waals surface area contributed by atoms with Crippen LogP contribution in [0.5, 0.6) is 0 Å². The average Bonchev–Trinajstić information content (AvgIpc) is 2.68. The number of carbonyl (C=O) groups is 1. The summed E-state index contributed by atoms with van der Waals surface area (Å²) in [5.74, 6) is -0.271. The normalized spacial score (nSPS) is 10.5. The van der Waals surface area contributed by atoms with Crippen molar-refractivity contribution in [1.82, 2.24) is 5.32 Å². The van der Waals surface area contributed by atoms with Crippen LogP contribution in [-0.2, 0) is 4.79 Å². The van der Waals surface area contributed by atoms with Crippen LogP contribution < -0.4 is 10.6 Å². The van der Waals surface area contributed by atoms with E-state index in [0.717, 1.165) is 22.4 Å². The largest absolute Gasteiger partial charge is 0.332 e. The Labute approximate surface area is 158 Å². The van der Waals surface area contributed by atoms with E-state index in [0.29, 0.717) is 0 Å². The average molecular weight is 358 g/mol. The number of benzene rings is 3. The Morgan fingerprint density at radius 1 is 0.769 bits per heavy atom. The predicted molar refractivity (Wildman–Crippen MR) is 112 cm³/mol. The highest BCUT2D eigenvalue weighted by molar-refractivity contribution is 7.80. The van der Waals surface area contributed by atoms with E-state index in [4.69, 9.17) is 12.2 Å². The number of nitrogens with one attached hydrogen (secondary N) is 2. The monoisotopic (exact) mass is 358 g/mol. The molecular weight excluding hydrogens is 340 g/mol. The van der Waals surface area contributed by atoms with Crippen molar-refractivity contribution in [1.29, 1.82) is 0 Å². The zero-order chi connectivity index (χ0) is 18.2. The van der Waals surface area contributed by atoms with Gasteiger partial charge >= 0.3 is 0 Å². The Morgan fingerprint density at radius 3 is 2.00 bits per heavy atom. The van der Waals surface area contributed by atoms with Crippen LogP contribution in [0.4, 0.5) is 5.69 Å². The van der Waals surface area contributed by atoms with Crippen LogP contribution in [0.1, 0.15) is 5.56 Å². The maximum Gasteiger partial charge on any atom is 0.250 e. The van der Waals surface area contributed by atoms with Crippen molar-refractivity contribution in [2.24, 2.45) is 0 Å². The number of hydrogen-bond donors (Lipinski definition) is 2. The lowest BCUT2D eigenvalue weighted by atomic mass is 10.1. The third kappa shape index (κ3) is 5.13. The minimum atomic E-state index is -0.271. The molecule has 0 saturated heterocycles. The van der Waals surface area contributed by atoms with E-state index in [1.54, 1.807) is 6.08 Å². The molecule has 4 heteroatoms. The fourth-order valence-electron chi connectivity index (χ4n) is 2.43. The van der Waals surface area contributed by atoms with Gasteiger partial charge in [0.05, 0.1) is 0 Å². The Kier molecular flexibility index (Phi) is 5.91. The van der Waals surface area contributed by atoms with Crippen LogP contribution in [0.15, 0.2) is 91.0 Å². The molecule has 0 fully saturated rings. The van der Waals surface area contributed by atoms with Crippen LogP contribution in [0.3, 0.4) is 0 Å². The minimum absolute atomic E-state index is 0.264. The number of anilines is 1. The molecule has 0 saturated carbocycles. The van der Waals surface area contributed by atoms with Gasteiger partial charge in [-0.2, -0.15) is 0 Å². The van der Waals surface area contributed by atoms with Gasteiger partial charge in [-0.15, -0.1) is 0 Å². The molecule has 0 bridgehead atoms. The summed E-state index contributed by atoms with van der Waals surface area (Å²) in [6.07, 6.45) is 3.20. The van der Waals surface area contributed by atoms with Crippen molar-refractivity contribution in [2.45, 2.75) is 0 Å². The van der Waals surface area contributed by atoms with E-state index >= 15 is 0 Å². The van der Waals surface area contributed by atoms with E-state index < -0.39 is 0 Å². The summed E-state index contributed by atoms with van der Waals surface area (Å²) < 4.78 is 0. The van der Waals surface area contributed by atoms with Crippen molar-refractivity contribution in [3.05, 3.63) is 96.6 Å². The maximum atomic E-state index is 11.9. The quantitative estimate of drug-likeness (QED) is 0.516. The lowest BCUT2D eigenvalue weighted by Gasteiger charge is -2.09. The zero-order valence-electron chi connectivity index (χ0n) is 14.1. The van der Waals surface area contributed by atoms with E-state index in [-0.39, 0.29) is 11.0 Å². The number of rotatable bonds is 4. The lowest BCUT2D eigenvalue weighted by molar-refractivity contribution is -0.115. The van der Waals surface area contributed by atoms with Crippen LogP contribution in [-0.4, -0.2) is 11.0 Å². The summed E-state index contributed by atoms with van der Waals surface area (Å²) in [5, 5.41) is 5.92. The molecule has 0 radical (unpaired) electrons. The fourth-order valence-corrected chi connectivity index (χ4v) is 2.65. The van der Waals surface area contributed by atoms with Gasteiger partial charge < -0.3 is 5.32 Å². The Balaban J connectivity index is 1.54. The minimum Gasteiger partial charge on any atom is -0.332 e. The fraction of sp³-hybridized carbons (Fsp3) is 0. The van der Waals surface area contributed by atoms with Gasteiger partial charge in [-0.3, -0.25) is 10.1 Å². The number of amides is 1. The van der Waals surface area contributed by atoms with Crippen molar-refractivity contribution in [3.63, 3.8) is 0 Å². The highest BCUT2D eigenvalue weighted by Gasteiger charge is 2.02. The molecule has 2 N–H and O–H groups in total. The Morgan fingerprint density at radius 2 is 1.35 bits per heavy atom. The molecule has 0 heterocycles. The smallest absolute Gasteiger partial charge is 0.250 e. The molecular formula is C22H18N2OS. The maximum absolute atomic E-state index is 11.9. The molecule has 0 unspecified atom stereocenters. The second kappa shape index (κ2) is 8.74. The van der Waals surface area contributed by atoms with E-state index in [1.807, 2.05) is 72.8 Å². The molecule has 0 aliphatic rings. The highest BCUT2D eigenvalue weighted by atomic mass is 32.1. The standard InChI is InChI=1S/C22H18N2OS/c25-21(16-11-17-7-3-1-4-8-17)24-22(26)23-20-14-12-19(13-15-20)18-9-5-2-6-10-18/h1-16H,(H2,23,24,25,26)/b16-11+. The summed E-state index contributed by atoms with van der Waals surface area (Å²) in [6.45, 7) is 0. The molecule has 0 aromatic heterocycles. The van der Waals surface area contributed by atoms with E-state index in [9.17, 15) is 4.79 Å². The predicted octanol–water partition coefficient (Wildman–Crippen LogP) is 4.88. The zero-order valence-corrected chi connectivity index (χ0v) is 14.9. The number of hydrogen-bond acceptors (Lipinski definition) is 2. The van der Waals surface area contributed by atoms with Crippen molar-refractivity contribution >= 4 is 35.0 Å². The first-order valence-electron chi connectivity index (χ1n) is 8.21. The molecule has 0 aliphatic carbocycles. The lowest BCUT2D eigenvalue weighted by Crippen LogP contribution is -2.32. The van der Waals surface area contributed by atoms with E-state index in [2.05, 4.69) is 22.8 Å². The van der Waals surface area contributed by atoms with Crippen LogP contribution in [0.2, 0.25) is 0 Å². The topological polar surface area (TPSA) is 41.1 Å². The second-order valence-corrected chi connectivity index (χ2v) is 6.04. The van der Waals surface area contributed by atoms with Gasteiger partial charge in [0.15, 0.2) is 5.11 Å².